The molecule has 0 bridgehead atoms. The number of rotatable bonds is 11. The summed E-state index contributed by atoms with van der Waals surface area (Å²) in [7, 11) is 1.71. The lowest BCUT2D eigenvalue weighted by Crippen LogP contribution is -2.33. The second-order valence-electron chi connectivity index (χ2n) is 7.45. The van der Waals surface area contributed by atoms with Crippen molar-refractivity contribution in [2.45, 2.75) is 19.9 Å². The van der Waals surface area contributed by atoms with Gasteiger partial charge in [0.15, 0.2) is 0 Å². The van der Waals surface area contributed by atoms with E-state index in [1.807, 2.05) is 31.2 Å². The highest BCUT2D eigenvalue weighted by Crippen LogP contribution is 2.16. The molecule has 174 valence electrons. The van der Waals surface area contributed by atoms with Crippen LogP contribution in [0.25, 0.3) is 0 Å². The molecule has 2 aromatic heterocycles. The quantitative estimate of drug-likeness (QED) is 0.456. The minimum Gasteiger partial charge on any atom is -0.492 e. The number of nitrogens with zero attached hydrogens (tertiary/aromatic N) is 4. The minimum atomic E-state index is -0.249. The summed E-state index contributed by atoms with van der Waals surface area (Å²) in [4.78, 5) is 30.1. The Hall–Kier alpha value is -4.08. The molecule has 0 aliphatic heterocycles. The number of aromatic nitrogens is 3. The van der Waals surface area contributed by atoms with Gasteiger partial charge in [0.25, 0.3) is 0 Å². The number of amides is 2. The summed E-state index contributed by atoms with van der Waals surface area (Å²) in [5, 5.41) is 6.86. The summed E-state index contributed by atoms with van der Waals surface area (Å²) in [6.45, 7) is 3.03. The van der Waals surface area contributed by atoms with Gasteiger partial charge in [0.05, 0.1) is 37.1 Å². The van der Waals surface area contributed by atoms with Crippen molar-refractivity contribution in [1.82, 2.24) is 19.7 Å². The fourth-order valence-corrected chi connectivity index (χ4v) is 2.82. The Balaban J connectivity index is 1.37. The van der Waals surface area contributed by atoms with E-state index in [1.54, 1.807) is 36.5 Å². The molecule has 10 heteroatoms. The zero-order chi connectivity index (χ0) is 23.6. The van der Waals surface area contributed by atoms with Gasteiger partial charge in [-0.15, -0.1) is 0 Å². The van der Waals surface area contributed by atoms with E-state index in [0.29, 0.717) is 30.4 Å². The van der Waals surface area contributed by atoms with E-state index in [1.165, 1.54) is 10.9 Å². The highest BCUT2D eigenvalue weighted by molar-refractivity contribution is 5.90. The van der Waals surface area contributed by atoms with Crippen LogP contribution in [0.4, 0.5) is 11.4 Å². The number of benzene rings is 1. The second-order valence-corrected chi connectivity index (χ2v) is 7.45. The average Bonchev–Trinajstić information content (AvgIpc) is 3.22. The van der Waals surface area contributed by atoms with Crippen molar-refractivity contribution in [3.05, 3.63) is 60.6 Å². The molecule has 0 aliphatic rings. The third-order valence-corrected chi connectivity index (χ3v) is 4.72. The van der Waals surface area contributed by atoms with Gasteiger partial charge in [0.2, 0.25) is 17.7 Å². The summed E-state index contributed by atoms with van der Waals surface area (Å²) < 4.78 is 12.6. The monoisotopic (exact) mass is 452 g/mol. The maximum Gasteiger partial charge on any atom is 0.244 e. The summed E-state index contributed by atoms with van der Waals surface area (Å²) >= 11 is 0. The van der Waals surface area contributed by atoms with Crippen LogP contribution in [0.3, 0.4) is 0 Å². The molecule has 0 saturated carbocycles. The first-order chi connectivity index (χ1) is 15.9. The number of hydrogen-bond donors (Lipinski definition) is 2. The zero-order valence-corrected chi connectivity index (χ0v) is 18.7. The third kappa shape index (κ3) is 7.53. The first kappa shape index (κ1) is 23.6. The van der Waals surface area contributed by atoms with Crippen molar-refractivity contribution in [1.29, 1.82) is 0 Å². The van der Waals surface area contributed by atoms with Crippen molar-refractivity contribution in [3.8, 4) is 11.6 Å². The molecule has 33 heavy (non-hydrogen) atoms. The van der Waals surface area contributed by atoms with Crippen LogP contribution in [0.2, 0.25) is 0 Å². The van der Waals surface area contributed by atoms with E-state index in [4.69, 9.17) is 15.2 Å². The summed E-state index contributed by atoms with van der Waals surface area (Å²) in [5.74, 6) is 0.693. The van der Waals surface area contributed by atoms with E-state index in [0.717, 1.165) is 11.3 Å². The molecule has 2 heterocycles. The van der Waals surface area contributed by atoms with E-state index in [-0.39, 0.29) is 31.4 Å². The number of pyridine rings is 1. The zero-order valence-electron chi connectivity index (χ0n) is 18.7. The summed E-state index contributed by atoms with van der Waals surface area (Å²) in [5.41, 5.74) is 7.81. The lowest BCUT2D eigenvalue weighted by molar-refractivity contribution is -0.131. The van der Waals surface area contributed by atoms with Gasteiger partial charge in [-0.25, -0.2) is 4.98 Å². The molecule has 0 aliphatic carbocycles. The first-order valence-corrected chi connectivity index (χ1v) is 10.5. The predicted octanol–water partition coefficient (Wildman–Crippen LogP) is 2.11. The SMILES string of the molecule is Cc1ccc(OCCN(C)C(=O)Cn2cc(NC(=O)CCOc3ncccc3N)cn2)cc1. The lowest BCUT2D eigenvalue weighted by atomic mass is 10.2. The molecule has 0 fully saturated rings. The Labute approximate surface area is 192 Å². The molecule has 10 nitrogen and oxygen atoms in total. The van der Waals surface area contributed by atoms with Crippen molar-refractivity contribution < 1.29 is 19.1 Å². The van der Waals surface area contributed by atoms with Gasteiger partial charge in [-0.3, -0.25) is 14.3 Å². The molecule has 2 amide bonds. The number of anilines is 2. The molecule has 3 aromatic rings. The highest BCUT2D eigenvalue weighted by Gasteiger charge is 2.12. The Morgan fingerprint density at radius 3 is 2.70 bits per heavy atom. The molecule has 3 N–H and O–H groups in total. The number of nitrogens with one attached hydrogen (secondary N) is 1. The largest absolute Gasteiger partial charge is 0.492 e. The molecule has 3 rings (SSSR count). The molecular weight excluding hydrogens is 424 g/mol. The van der Waals surface area contributed by atoms with Crippen LogP contribution in [-0.4, -0.2) is 58.3 Å². The van der Waals surface area contributed by atoms with E-state index in [2.05, 4.69) is 15.4 Å². The fraction of sp³-hybridized carbons (Fsp3) is 0.304. The number of ether oxygens (including phenoxy) is 2. The first-order valence-electron chi connectivity index (χ1n) is 10.5. The number of hydrogen-bond acceptors (Lipinski definition) is 7. The van der Waals surface area contributed by atoms with Crippen molar-refractivity contribution in [2.75, 3.05) is 37.9 Å². The average molecular weight is 453 g/mol. The second kappa shape index (κ2) is 11.5. The van der Waals surface area contributed by atoms with Crippen LogP contribution in [0.5, 0.6) is 11.6 Å². The Kier molecular flexibility index (Phi) is 8.23. The van der Waals surface area contributed by atoms with Crippen LogP contribution < -0.4 is 20.5 Å². The normalized spacial score (nSPS) is 10.5. The van der Waals surface area contributed by atoms with E-state index < -0.39 is 0 Å². The lowest BCUT2D eigenvalue weighted by Gasteiger charge is -2.17. The van der Waals surface area contributed by atoms with Crippen LogP contribution >= 0.6 is 0 Å². The van der Waals surface area contributed by atoms with Gasteiger partial charge in [-0.05, 0) is 31.2 Å². The topological polar surface area (TPSA) is 125 Å². The molecule has 1 aromatic carbocycles. The summed E-state index contributed by atoms with van der Waals surface area (Å²) in [6.07, 6.45) is 4.77. The maximum absolute atomic E-state index is 12.4. The molecule has 0 spiro atoms. The highest BCUT2D eigenvalue weighted by atomic mass is 16.5. The Bertz CT molecular complexity index is 1070. The van der Waals surface area contributed by atoms with Crippen molar-refractivity contribution in [2.24, 2.45) is 0 Å². The smallest absolute Gasteiger partial charge is 0.244 e. The van der Waals surface area contributed by atoms with Crippen LogP contribution in [0.1, 0.15) is 12.0 Å². The number of likely N-dealkylation sites (N-methyl/N-ethyl adjacent to an activating group) is 1. The van der Waals surface area contributed by atoms with Crippen molar-refractivity contribution in [3.63, 3.8) is 0 Å². The maximum atomic E-state index is 12.4. The summed E-state index contributed by atoms with van der Waals surface area (Å²) in [6, 6.07) is 11.1. The minimum absolute atomic E-state index is 0.0545. The van der Waals surface area contributed by atoms with E-state index >= 15 is 0 Å². The van der Waals surface area contributed by atoms with Crippen LogP contribution in [-0.2, 0) is 16.1 Å². The molecule has 0 atom stereocenters. The third-order valence-electron chi connectivity index (χ3n) is 4.72. The molecule has 0 unspecified atom stereocenters. The molecule has 0 saturated heterocycles. The van der Waals surface area contributed by atoms with Crippen molar-refractivity contribution >= 4 is 23.2 Å². The standard InChI is InChI=1S/C23H28N6O4/c1-17-5-7-19(8-6-17)32-13-11-28(2)22(31)16-29-15-18(14-26-29)27-21(30)9-12-33-23-20(24)4-3-10-25-23/h3-8,10,14-15H,9,11-13,16,24H2,1-2H3,(H,27,30). The Morgan fingerprint density at radius 1 is 1.15 bits per heavy atom. The van der Waals surface area contributed by atoms with Crippen LogP contribution in [0, 0.1) is 6.92 Å². The fourth-order valence-electron chi connectivity index (χ4n) is 2.82. The predicted molar refractivity (Wildman–Crippen MR) is 124 cm³/mol. The van der Waals surface area contributed by atoms with Gasteiger partial charge >= 0.3 is 0 Å². The molecule has 0 radical (unpaired) electrons. The van der Waals surface area contributed by atoms with Gasteiger partial charge in [0, 0.05) is 19.4 Å². The number of carbonyl (C=O) groups is 2. The van der Waals surface area contributed by atoms with Gasteiger partial charge in [0.1, 0.15) is 18.9 Å². The number of nitrogens with two attached hydrogens (primary N) is 1. The van der Waals surface area contributed by atoms with E-state index in [9.17, 15) is 9.59 Å². The van der Waals surface area contributed by atoms with Gasteiger partial charge < -0.3 is 25.4 Å². The number of aryl methyl sites for hydroxylation is 1. The Morgan fingerprint density at radius 2 is 1.94 bits per heavy atom. The number of nitrogen functional groups attached to an aromatic ring is 1. The molecular formula is C23H28N6O4. The number of carbonyl (C=O) groups excluding carboxylic acids is 2. The van der Waals surface area contributed by atoms with Gasteiger partial charge in [-0.1, -0.05) is 17.7 Å². The van der Waals surface area contributed by atoms with Gasteiger partial charge in [-0.2, -0.15) is 5.10 Å². The van der Waals surface area contributed by atoms with Crippen LogP contribution in [0.15, 0.2) is 55.0 Å².